The maximum atomic E-state index is 10.4. The van der Waals surface area contributed by atoms with Crippen LogP contribution in [-0.2, 0) is 6.54 Å². The molecule has 0 aliphatic rings. The Bertz CT molecular complexity index is 566. The van der Waals surface area contributed by atoms with Gasteiger partial charge in [-0.15, -0.1) is 0 Å². The third-order valence-electron chi connectivity index (χ3n) is 3.67. The number of nitrogens with zero attached hydrogens (tertiary/aromatic N) is 1. The molecule has 2 aromatic rings. The van der Waals surface area contributed by atoms with E-state index >= 15 is 0 Å². The van der Waals surface area contributed by atoms with Crippen molar-refractivity contribution in [1.82, 2.24) is 15.3 Å². The molecule has 0 saturated carbocycles. The van der Waals surface area contributed by atoms with Gasteiger partial charge < -0.3 is 15.4 Å². The SMILES string of the molecule is CCCC(O)(CC)NCc1cc2cc(NC)ncc2[nH]1. The first-order valence-electron chi connectivity index (χ1n) is 7.23. The van der Waals surface area contributed by atoms with E-state index in [1.807, 2.05) is 26.2 Å². The molecule has 0 aliphatic heterocycles. The third-order valence-corrected chi connectivity index (χ3v) is 3.67. The minimum atomic E-state index is -0.777. The van der Waals surface area contributed by atoms with E-state index in [0.29, 0.717) is 13.0 Å². The van der Waals surface area contributed by atoms with Crippen molar-refractivity contribution in [2.45, 2.75) is 45.4 Å². The summed E-state index contributed by atoms with van der Waals surface area (Å²) in [5, 5.41) is 17.8. The second-order valence-electron chi connectivity index (χ2n) is 5.19. The lowest BCUT2D eigenvalue weighted by Gasteiger charge is -2.27. The van der Waals surface area contributed by atoms with E-state index in [9.17, 15) is 5.11 Å². The zero-order chi connectivity index (χ0) is 14.6. The molecule has 0 spiro atoms. The fourth-order valence-electron chi connectivity index (χ4n) is 2.39. The number of pyridine rings is 1. The molecular weight excluding hydrogens is 252 g/mol. The first-order chi connectivity index (χ1) is 9.60. The predicted molar refractivity (Wildman–Crippen MR) is 82.6 cm³/mol. The van der Waals surface area contributed by atoms with Crippen LogP contribution in [0.1, 0.15) is 38.8 Å². The summed E-state index contributed by atoms with van der Waals surface area (Å²) in [7, 11) is 1.86. The average Bonchev–Trinajstić information content (AvgIpc) is 2.87. The molecule has 0 bridgehead atoms. The highest BCUT2D eigenvalue weighted by Gasteiger charge is 2.22. The lowest BCUT2D eigenvalue weighted by Crippen LogP contribution is -2.44. The first-order valence-corrected chi connectivity index (χ1v) is 7.23. The number of rotatable bonds is 7. The molecule has 110 valence electrons. The molecule has 0 fully saturated rings. The van der Waals surface area contributed by atoms with Crippen LogP contribution in [0, 0.1) is 0 Å². The molecule has 5 heteroatoms. The highest BCUT2D eigenvalue weighted by atomic mass is 16.3. The van der Waals surface area contributed by atoms with Crippen molar-refractivity contribution < 1.29 is 5.11 Å². The van der Waals surface area contributed by atoms with E-state index < -0.39 is 5.72 Å². The molecule has 2 heterocycles. The molecule has 0 aliphatic carbocycles. The molecule has 5 nitrogen and oxygen atoms in total. The molecular formula is C15H24N4O. The van der Waals surface area contributed by atoms with Crippen molar-refractivity contribution in [3.8, 4) is 0 Å². The Morgan fingerprint density at radius 3 is 2.80 bits per heavy atom. The number of aliphatic hydroxyl groups is 1. The Morgan fingerprint density at radius 1 is 1.35 bits per heavy atom. The zero-order valence-electron chi connectivity index (χ0n) is 12.5. The van der Waals surface area contributed by atoms with Crippen molar-refractivity contribution in [1.29, 1.82) is 0 Å². The van der Waals surface area contributed by atoms with E-state index in [2.05, 4.69) is 33.6 Å². The summed E-state index contributed by atoms with van der Waals surface area (Å²) in [6.07, 6.45) is 4.24. The summed E-state index contributed by atoms with van der Waals surface area (Å²) in [6, 6.07) is 4.10. The van der Waals surface area contributed by atoms with Crippen LogP contribution in [-0.4, -0.2) is 27.8 Å². The zero-order valence-corrected chi connectivity index (χ0v) is 12.5. The monoisotopic (exact) mass is 276 g/mol. The van der Waals surface area contributed by atoms with Crippen molar-refractivity contribution >= 4 is 16.7 Å². The minimum absolute atomic E-state index is 0.619. The summed E-state index contributed by atoms with van der Waals surface area (Å²) in [6.45, 7) is 4.70. The first kappa shape index (κ1) is 14.8. The lowest BCUT2D eigenvalue weighted by molar-refractivity contribution is -0.00945. The van der Waals surface area contributed by atoms with Gasteiger partial charge in [0, 0.05) is 24.7 Å². The van der Waals surface area contributed by atoms with E-state index in [4.69, 9.17) is 0 Å². The van der Waals surface area contributed by atoms with Gasteiger partial charge in [0.15, 0.2) is 0 Å². The molecule has 0 amide bonds. The largest absolute Gasteiger partial charge is 0.376 e. The number of hydrogen-bond acceptors (Lipinski definition) is 4. The summed E-state index contributed by atoms with van der Waals surface area (Å²) in [5.74, 6) is 0.854. The van der Waals surface area contributed by atoms with Crippen LogP contribution in [0.5, 0.6) is 0 Å². The van der Waals surface area contributed by atoms with Crippen LogP contribution in [0.4, 0.5) is 5.82 Å². The summed E-state index contributed by atoms with van der Waals surface area (Å²) in [5.41, 5.74) is 1.29. The summed E-state index contributed by atoms with van der Waals surface area (Å²) < 4.78 is 0. The Kier molecular flexibility index (Phi) is 4.62. The van der Waals surface area contributed by atoms with Gasteiger partial charge in [0.25, 0.3) is 0 Å². The van der Waals surface area contributed by atoms with Crippen LogP contribution in [0.2, 0.25) is 0 Å². The topological polar surface area (TPSA) is 73.0 Å². The van der Waals surface area contributed by atoms with Crippen LogP contribution in [0.3, 0.4) is 0 Å². The van der Waals surface area contributed by atoms with Crippen molar-refractivity contribution in [3.05, 3.63) is 24.0 Å². The van der Waals surface area contributed by atoms with Gasteiger partial charge in [-0.05, 0) is 25.0 Å². The summed E-state index contributed by atoms with van der Waals surface area (Å²) >= 11 is 0. The van der Waals surface area contributed by atoms with Gasteiger partial charge in [-0.25, -0.2) is 4.98 Å². The minimum Gasteiger partial charge on any atom is -0.376 e. The maximum absolute atomic E-state index is 10.4. The fraction of sp³-hybridized carbons (Fsp3) is 0.533. The number of aromatic nitrogens is 2. The molecule has 4 N–H and O–H groups in total. The van der Waals surface area contributed by atoms with E-state index in [-0.39, 0.29) is 0 Å². The van der Waals surface area contributed by atoms with Crippen molar-refractivity contribution in [3.63, 3.8) is 0 Å². The predicted octanol–water partition coefficient (Wildman–Crippen LogP) is 2.59. The van der Waals surface area contributed by atoms with E-state index in [1.165, 1.54) is 0 Å². The fourth-order valence-corrected chi connectivity index (χ4v) is 2.39. The Morgan fingerprint density at radius 2 is 2.15 bits per heavy atom. The molecule has 1 unspecified atom stereocenters. The van der Waals surface area contributed by atoms with Crippen molar-refractivity contribution in [2.24, 2.45) is 0 Å². The van der Waals surface area contributed by atoms with E-state index in [1.54, 1.807) is 0 Å². The van der Waals surface area contributed by atoms with Gasteiger partial charge in [-0.2, -0.15) is 0 Å². The molecule has 0 aromatic carbocycles. The molecule has 0 saturated heterocycles. The Balaban J connectivity index is 2.10. The second-order valence-corrected chi connectivity index (χ2v) is 5.19. The normalized spacial score (nSPS) is 14.4. The van der Waals surface area contributed by atoms with Crippen LogP contribution in [0.25, 0.3) is 10.9 Å². The second kappa shape index (κ2) is 6.24. The van der Waals surface area contributed by atoms with Crippen LogP contribution >= 0.6 is 0 Å². The summed E-state index contributed by atoms with van der Waals surface area (Å²) in [4.78, 5) is 7.60. The molecule has 20 heavy (non-hydrogen) atoms. The van der Waals surface area contributed by atoms with Crippen LogP contribution in [0.15, 0.2) is 18.3 Å². The Hall–Kier alpha value is -1.59. The van der Waals surface area contributed by atoms with Crippen molar-refractivity contribution in [2.75, 3.05) is 12.4 Å². The highest BCUT2D eigenvalue weighted by molar-refractivity contribution is 5.82. The van der Waals surface area contributed by atoms with Gasteiger partial charge in [0.2, 0.25) is 0 Å². The number of nitrogens with one attached hydrogen (secondary N) is 3. The van der Waals surface area contributed by atoms with Gasteiger partial charge >= 0.3 is 0 Å². The maximum Gasteiger partial charge on any atom is 0.126 e. The molecule has 2 aromatic heterocycles. The van der Waals surface area contributed by atoms with Crippen LogP contribution < -0.4 is 10.6 Å². The Labute approximate surface area is 119 Å². The smallest absolute Gasteiger partial charge is 0.126 e. The number of H-pyrrole nitrogens is 1. The van der Waals surface area contributed by atoms with Gasteiger partial charge in [0.05, 0.1) is 11.7 Å². The number of hydrogen-bond donors (Lipinski definition) is 4. The van der Waals surface area contributed by atoms with Gasteiger partial charge in [-0.3, -0.25) is 5.32 Å². The third kappa shape index (κ3) is 3.29. The number of fused-ring (bicyclic) bond motifs is 1. The van der Waals surface area contributed by atoms with Gasteiger partial charge in [0.1, 0.15) is 11.5 Å². The standard InChI is InChI=1S/C15H24N4O/c1-4-6-15(20,5-2)18-9-12-7-11-8-14(16-3)17-10-13(11)19-12/h7-8,10,18-20H,4-6,9H2,1-3H3,(H,16,17). The lowest BCUT2D eigenvalue weighted by atomic mass is 10.1. The number of anilines is 1. The molecule has 0 radical (unpaired) electrons. The average molecular weight is 276 g/mol. The quantitative estimate of drug-likeness (QED) is 0.587. The number of aromatic amines is 1. The van der Waals surface area contributed by atoms with Gasteiger partial charge in [-0.1, -0.05) is 20.3 Å². The van der Waals surface area contributed by atoms with E-state index in [0.717, 1.165) is 35.3 Å². The highest BCUT2D eigenvalue weighted by Crippen LogP contribution is 2.19. The molecule has 2 rings (SSSR count). The molecule has 1 atom stereocenters.